The standard InChI is InChI=1S/C14H22FN3S/c1-17(2)14(18(3)4)16-9-11-6-7-13(15)8-12(11)10-19-5/h6-8H,9-10H2,1-5H3. The normalized spacial score (nSPS) is 10.2. The summed E-state index contributed by atoms with van der Waals surface area (Å²) in [6.45, 7) is 0.571. The molecule has 0 spiro atoms. The molecule has 0 unspecified atom stereocenters. The highest BCUT2D eigenvalue weighted by atomic mass is 32.2. The van der Waals surface area contributed by atoms with Crippen LogP contribution in [-0.4, -0.2) is 50.2 Å². The average molecular weight is 283 g/mol. The molecule has 19 heavy (non-hydrogen) atoms. The fourth-order valence-corrected chi connectivity index (χ4v) is 2.46. The summed E-state index contributed by atoms with van der Waals surface area (Å²) in [7, 11) is 7.86. The molecule has 0 fully saturated rings. The van der Waals surface area contributed by atoms with Gasteiger partial charge in [-0.2, -0.15) is 11.8 Å². The van der Waals surface area contributed by atoms with E-state index in [2.05, 4.69) is 4.99 Å². The number of halogens is 1. The lowest BCUT2D eigenvalue weighted by molar-refractivity contribution is 0.479. The summed E-state index contributed by atoms with van der Waals surface area (Å²) in [5.74, 6) is 1.53. The third-order valence-corrected chi connectivity index (χ3v) is 3.26. The maximum absolute atomic E-state index is 13.3. The van der Waals surface area contributed by atoms with Crippen LogP contribution in [0.2, 0.25) is 0 Å². The Labute approximate surface area is 119 Å². The number of guanidine groups is 1. The van der Waals surface area contributed by atoms with E-state index < -0.39 is 0 Å². The Morgan fingerprint density at radius 1 is 1.16 bits per heavy atom. The van der Waals surface area contributed by atoms with E-state index in [0.717, 1.165) is 22.8 Å². The summed E-state index contributed by atoms with van der Waals surface area (Å²) < 4.78 is 13.3. The predicted octanol–water partition coefficient (Wildman–Crippen LogP) is 2.67. The molecular formula is C14H22FN3S. The van der Waals surface area contributed by atoms with Gasteiger partial charge in [-0.1, -0.05) is 6.07 Å². The summed E-state index contributed by atoms with van der Waals surface area (Å²) in [4.78, 5) is 8.54. The lowest BCUT2D eigenvalue weighted by Gasteiger charge is -2.22. The van der Waals surface area contributed by atoms with E-state index in [1.54, 1.807) is 17.8 Å². The molecule has 0 saturated carbocycles. The van der Waals surface area contributed by atoms with Crippen molar-refractivity contribution in [3.8, 4) is 0 Å². The fraction of sp³-hybridized carbons (Fsp3) is 0.500. The summed E-state index contributed by atoms with van der Waals surface area (Å²) in [5.41, 5.74) is 2.10. The first-order valence-electron chi connectivity index (χ1n) is 6.11. The van der Waals surface area contributed by atoms with Crippen molar-refractivity contribution in [2.24, 2.45) is 4.99 Å². The highest BCUT2D eigenvalue weighted by Gasteiger charge is 2.07. The number of hydrogen-bond donors (Lipinski definition) is 0. The number of rotatable bonds is 4. The quantitative estimate of drug-likeness (QED) is 0.625. The van der Waals surface area contributed by atoms with Gasteiger partial charge in [-0.15, -0.1) is 0 Å². The maximum atomic E-state index is 13.3. The number of thioether (sulfide) groups is 1. The van der Waals surface area contributed by atoms with Crippen molar-refractivity contribution in [1.29, 1.82) is 0 Å². The lowest BCUT2D eigenvalue weighted by Crippen LogP contribution is -2.35. The van der Waals surface area contributed by atoms with Gasteiger partial charge in [0.1, 0.15) is 5.82 Å². The number of nitrogens with zero attached hydrogens (tertiary/aromatic N) is 3. The van der Waals surface area contributed by atoms with Gasteiger partial charge in [-0.3, -0.25) is 0 Å². The van der Waals surface area contributed by atoms with Crippen molar-refractivity contribution < 1.29 is 4.39 Å². The van der Waals surface area contributed by atoms with Crippen molar-refractivity contribution in [3.05, 3.63) is 35.1 Å². The smallest absolute Gasteiger partial charge is 0.195 e. The van der Waals surface area contributed by atoms with E-state index in [4.69, 9.17) is 0 Å². The largest absolute Gasteiger partial charge is 0.349 e. The molecule has 1 aromatic rings. The van der Waals surface area contributed by atoms with Crippen LogP contribution < -0.4 is 0 Å². The van der Waals surface area contributed by atoms with Gasteiger partial charge in [0.05, 0.1) is 6.54 Å². The average Bonchev–Trinajstić information content (AvgIpc) is 2.31. The Morgan fingerprint density at radius 3 is 2.32 bits per heavy atom. The minimum Gasteiger partial charge on any atom is -0.349 e. The molecule has 1 aromatic carbocycles. The Hall–Kier alpha value is -1.23. The Bertz CT molecular complexity index is 434. The van der Waals surface area contributed by atoms with Gasteiger partial charge in [-0.25, -0.2) is 9.38 Å². The van der Waals surface area contributed by atoms with Crippen LogP contribution in [0.4, 0.5) is 4.39 Å². The van der Waals surface area contributed by atoms with Gasteiger partial charge < -0.3 is 9.80 Å². The summed E-state index contributed by atoms with van der Waals surface area (Å²) in [5, 5.41) is 0. The maximum Gasteiger partial charge on any atom is 0.195 e. The predicted molar refractivity (Wildman–Crippen MR) is 82.1 cm³/mol. The van der Waals surface area contributed by atoms with Crippen molar-refractivity contribution in [1.82, 2.24) is 9.80 Å². The zero-order chi connectivity index (χ0) is 14.4. The van der Waals surface area contributed by atoms with Gasteiger partial charge in [0.25, 0.3) is 0 Å². The van der Waals surface area contributed by atoms with Crippen LogP contribution in [0.3, 0.4) is 0 Å². The van der Waals surface area contributed by atoms with Crippen molar-refractivity contribution in [2.75, 3.05) is 34.4 Å². The molecule has 0 heterocycles. The molecule has 3 nitrogen and oxygen atoms in total. The van der Waals surface area contributed by atoms with E-state index in [9.17, 15) is 4.39 Å². The first-order chi connectivity index (χ1) is 8.95. The molecule has 0 bridgehead atoms. The van der Waals surface area contributed by atoms with Crippen LogP contribution in [0.1, 0.15) is 11.1 Å². The summed E-state index contributed by atoms with van der Waals surface area (Å²) in [6.07, 6.45) is 2.02. The second kappa shape index (κ2) is 7.38. The van der Waals surface area contributed by atoms with E-state index in [1.165, 1.54) is 6.07 Å². The van der Waals surface area contributed by atoms with Crippen LogP contribution >= 0.6 is 11.8 Å². The number of benzene rings is 1. The molecule has 0 saturated heterocycles. The Balaban J connectivity index is 2.95. The van der Waals surface area contributed by atoms with Crippen LogP contribution in [0, 0.1) is 5.82 Å². The lowest BCUT2D eigenvalue weighted by atomic mass is 10.1. The van der Waals surface area contributed by atoms with Gasteiger partial charge in [0.2, 0.25) is 0 Å². The highest BCUT2D eigenvalue weighted by molar-refractivity contribution is 7.97. The minimum absolute atomic E-state index is 0.183. The molecular weight excluding hydrogens is 261 g/mol. The van der Waals surface area contributed by atoms with Gasteiger partial charge >= 0.3 is 0 Å². The second-order valence-corrected chi connectivity index (χ2v) is 5.62. The highest BCUT2D eigenvalue weighted by Crippen LogP contribution is 2.17. The van der Waals surface area contributed by atoms with E-state index in [0.29, 0.717) is 6.54 Å². The molecule has 0 N–H and O–H groups in total. The van der Waals surface area contributed by atoms with Gasteiger partial charge in [0, 0.05) is 33.9 Å². The molecule has 0 amide bonds. The van der Waals surface area contributed by atoms with E-state index in [-0.39, 0.29) is 5.82 Å². The molecule has 5 heteroatoms. The molecule has 0 atom stereocenters. The molecule has 0 aliphatic carbocycles. The molecule has 0 radical (unpaired) electrons. The first-order valence-corrected chi connectivity index (χ1v) is 7.50. The van der Waals surface area contributed by atoms with Crippen LogP contribution in [0.25, 0.3) is 0 Å². The number of hydrogen-bond acceptors (Lipinski definition) is 2. The summed E-state index contributed by atoms with van der Waals surface area (Å²) >= 11 is 1.69. The molecule has 0 aromatic heterocycles. The van der Waals surface area contributed by atoms with Gasteiger partial charge in [-0.05, 0) is 29.5 Å². The zero-order valence-corrected chi connectivity index (χ0v) is 13.1. The molecule has 1 rings (SSSR count). The third kappa shape index (κ3) is 4.74. The van der Waals surface area contributed by atoms with Crippen LogP contribution in [-0.2, 0) is 12.3 Å². The zero-order valence-electron chi connectivity index (χ0n) is 12.3. The van der Waals surface area contributed by atoms with Crippen LogP contribution in [0.5, 0.6) is 0 Å². The second-order valence-electron chi connectivity index (χ2n) is 4.75. The Morgan fingerprint density at radius 2 is 1.79 bits per heavy atom. The number of aliphatic imine (C=N–C) groups is 1. The van der Waals surface area contributed by atoms with Crippen molar-refractivity contribution in [2.45, 2.75) is 12.3 Å². The monoisotopic (exact) mass is 283 g/mol. The fourth-order valence-electron chi connectivity index (χ4n) is 1.88. The minimum atomic E-state index is -0.183. The third-order valence-electron chi connectivity index (χ3n) is 2.66. The van der Waals surface area contributed by atoms with E-state index in [1.807, 2.05) is 50.3 Å². The molecule has 106 valence electrons. The summed E-state index contributed by atoms with van der Waals surface area (Å²) in [6, 6.07) is 4.93. The van der Waals surface area contributed by atoms with Crippen LogP contribution in [0.15, 0.2) is 23.2 Å². The SMILES string of the molecule is CSCc1cc(F)ccc1CN=C(N(C)C)N(C)C. The van der Waals surface area contributed by atoms with Crippen molar-refractivity contribution >= 4 is 17.7 Å². The first kappa shape index (κ1) is 15.8. The topological polar surface area (TPSA) is 18.8 Å². The molecule has 0 aliphatic heterocycles. The Kier molecular flexibility index (Phi) is 6.15. The van der Waals surface area contributed by atoms with Crippen molar-refractivity contribution in [3.63, 3.8) is 0 Å². The molecule has 0 aliphatic rings. The van der Waals surface area contributed by atoms with Gasteiger partial charge in [0.15, 0.2) is 5.96 Å². The van der Waals surface area contributed by atoms with E-state index >= 15 is 0 Å².